The third kappa shape index (κ3) is 4.83. The van der Waals surface area contributed by atoms with Gasteiger partial charge in [-0.25, -0.2) is 0 Å². The molecule has 0 bridgehead atoms. The highest BCUT2D eigenvalue weighted by atomic mass is 16.5. The molecule has 2 atom stereocenters. The van der Waals surface area contributed by atoms with Gasteiger partial charge in [0.15, 0.2) is 6.10 Å². The van der Waals surface area contributed by atoms with Crippen LogP contribution in [-0.2, 0) is 19.1 Å². The van der Waals surface area contributed by atoms with E-state index >= 15 is 0 Å². The standard InChI is InChI=1S/C23H26N2O4/c1-14-6-9-19(10-7-14)25-13-18(12-21(25)26)23(28)29-17(4)22(27)24-20-11-15(2)5-8-16(20)3/h5-11,17-18H,12-13H2,1-4H3,(H,24,27)/t17-,18+/m0/s1. The summed E-state index contributed by atoms with van der Waals surface area (Å²) in [5, 5.41) is 2.80. The molecular weight excluding hydrogens is 368 g/mol. The van der Waals surface area contributed by atoms with Gasteiger partial charge in [0.25, 0.3) is 5.91 Å². The summed E-state index contributed by atoms with van der Waals surface area (Å²) in [6.07, 6.45) is -0.871. The molecule has 6 nitrogen and oxygen atoms in total. The molecule has 1 aliphatic rings. The maximum Gasteiger partial charge on any atom is 0.312 e. The van der Waals surface area contributed by atoms with Crippen molar-refractivity contribution in [2.45, 2.75) is 40.2 Å². The summed E-state index contributed by atoms with van der Waals surface area (Å²) >= 11 is 0. The molecule has 2 aromatic rings. The van der Waals surface area contributed by atoms with E-state index in [2.05, 4.69) is 5.32 Å². The molecule has 0 unspecified atom stereocenters. The molecule has 1 fully saturated rings. The predicted molar refractivity (Wildman–Crippen MR) is 112 cm³/mol. The third-order valence-electron chi connectivity index (χ3n) is 5.12. The normalized spacial score (nSPS) is 17.2. The molecule has 0 aliphatic carbocycles. The number of esters is 1. The molecule has 1 saturated heterocycles. The van der Waals surface area contributed by atoms with E-state index in [-0.39, 0.29) is 18.9 Å². The number of carbonyl (C=O) groups excluding carboxylic acids is 3. The van der Waals surface area contributed by atoms with Crippen molar-refractivity contribution >= 4 is 29.2 Å². The zero-order chi connectivity index (χ0) is 21.1. The maximum absolute atomic E-state index is 12.5. The van der Waals surface area contributed by atoms with Crippen molar-refractivity contribution in [2.75, 3.05) is 16.8 Å². The first kappa shape index (κ1) is 20.6. The number of amides is 2. The number of ether oxygens (including phenoxy) is 1. The van der Waals surface area contributed by atoms with Crippen LogP contribution in [0, 0.1) is 26.7 Å². The van der Waals surface area contributed by atoms with Gasteiger partial charge in [-0.2, -0.15) is 0 Å². The van der Waals surface area contributed by atoms with Crippen molar-refractivity contribution < 1.29 is 19.1 Å². The zero-order valence-electron chi connectivity index (χ0n) is 17.2. The summed E-state index contributed by atoms with van der Waals surface area (Å²) in [5.74, 6) is -1.63. The van der Waals surface area contributed by atoms with Crippen molar-refractivity contribution in [1.29, 1.82) is 0 Å². The lowest BCUT2D eigenvalue weighted by molar-refractivity contribution is -0.157. The lowest BCUT2D eigenvalue weighted by atomic mass is 10.1. The van der Waals surface area contributed by atoms with Crippen molar-refractivity contribution in [3.05, 3.63) is 59.2 Å². The Labute approximate surface area is 170 Å². The summed E-state index contributed by atoms with van der Waals surface area (Å²) in [6, 6.07) is 13.3. The Bertz CT molecular complexity index is 936. The zero-order valence-corrected chi connectivity index (χ0v) is 17.2. The first-order valence-corrected chi connectivity index (χ1v) is 9.70. The highest BCUT2D eigenvalue weighted by molar-refractivity contribution is 6.00. The van der Waals surface area contributed by atoms with Crippen LogP contribution in [0.2, 0.25) is 0 Å². The van der Waals surface area contributed by atoms with E-state index in [1.165, 1.54) is 6.92 Å². The Kier molecular flexibility index (Phi) is 6.01. The van der Waals surface area contributed by atoms with Gasteiger partial charge in [0.05, 0.1) is 5.92 Å². The number of nitrogens with one attached hydrogen (secondary N) is 1. The minimum Gasteiger partial charge on any atom is -0.452 e. The quantitative estimate of drug-likeness (QED) is 0.787. The largest absolute Gasteiger partial charge is 0.452 e. The molecule has 2 amide bonds. The number of aryl methyl sites for hydroxylation is 3. The van der Waals surface area contributed by atoms with E-state index in [0.29, 0.717) is 5.69 Å². The van der Waals surface area contributed by atoms with Crippen LogP contribution in [0.4, 0.5) is 11.4 Å². The molecule has 1 aliphatic heterocycles. The molecule has 0 aromatic heterocycles. The topological polar surface area (TPSA) is 75.7 Å². The van der Waals surface area contributed by atoms with E-state index in [9.17, 15) is 14.4 Å². The number of hydrogen-bond donors (Lipinski definition) is 1. The second-order valence-electron chi connectivity index (χ2n) is 7.63. The van der Waals surface area contributed by atoms with Gasteiger partial charge < -0.3 is 15.0 Å². The molecule has 2 aromatic carbocycles. The molecule has 6 heteroatoms. The molecule has 1 N–H and O–H groups in total. The summed E-state index contributed by atoms with van der Waals surface area (Å²) in [7, 11) is 0. The summed E-state index contributed by atoms with van der Waals surface area (Å²) in [4.78, 5) is 38.9. The average Bonchev–Trinajstić information content (AvgIpc) is 3.07. The van der Waals surface area contributed by atoms with Crippen molar-refractivity contribution in [3.63, 3.8) is 0 Å². The van der Waals surface area contributed by atoms with E-state index in [1.807, 2.05) is 63.2 Å². The van der Waals surface area contributed by atoms with Gasteiger partial charge in [0, 0.05) is 24.3 Å². The highest BCUT2D eigenvalue weighted by Gasteiger charge is 2.37. The van der Waals surface area contributed by atoms with Crippen LogP contribution in [0.5, 0.6) is 0 Å². The van der Waals surface area contributed by atoms with Gasteiger partial charge >= 0.3 is 5.97 Å². The number of hydrogen-bond acceptors (Lipinski definition) is 4. The van der Waals surface area contributed by atoms with Crippen LogP contribution in [-0.4, -0.2) is 30.4 Å². The fourth-order valence-electron chi connectivity index (χ4n) is 3.27. The number of anilines is 2. The van der Waals surface area contributed by atoms with Gasteiger partial charge in [0.2, 0.25) is 5.91 Å². The lowest BCUT2D eigenvalue weighted by Crippen LogP contribution is -2.33. The fourth-order valence-corrected chi connectivity index (χ4v) is 3.27. The van der Waals surface area contributed by atoms with Crippen molar-refractivity contribution in [1.82, 2.24) is 0 Å². The van der Waals surface area contributed by atoms with Gasteiger partial charge in [-0.05, 0) is 57.0 Å². The van der Waals surface area contributed by atoms with E-state index in [0.717, 1.165) is 22.4 Å². The summed E-state index contributed by atoms with van der Waals surface area (Å²) in [5.41, 5.74) is 4.50. The lowest BCUT2D eigenvalue weighted by Gasteiger charge is -2.18. The van der Waals surface area contributed by atoms with E-state index < -0.39 is 23.9 Å². The predicted octanol–water partition coefficient (Wildman–Crippen LogP) is 3.54. The first-order valence-electron chi connectivity index (χ1n) is 9.70. The summed E-state index contributed by atoms with van der Waals surface area (Å²) in [6.45, 7) is 7.60. The van der Waals surface area contributed by atoms with Crippen molar-refractivity contribution in [3.8, 4) is 0 Å². The van der Waals surface area contributed by atoms with E-state index in [1.54, 1.807) is 4.90 Å². The minimum atomic E-state index is -0.953. The molecule has 3 rings (SSSR count). The van der Waals surface area contributed by atoms with Gasteiger partial charge in [-0.15, -0.1) is 0 Å². The second-order valence-corrected chi connectivity index (χ2v) is 7.63. The van der Waals surface area contributed by atoms with E-state index in [4.69, 9.17) is 4.74 Å². The van der Waals surface area contributed by atoms with Crippen LogP contribution >= 0.6 is 0 Å². The Hall–Kier alpha value is -3.15. The summed E-state index contributed by atoms with van der Waals surface area (Å²) < 4.78 is 5.36. The molecule has 0 saturated carbocycles. The average molecular weight is 394 g/mol. The Morgan fingerprint density at radius 3 is 2.41 bits per heavy atom. The molecule has 29 heavy (non-hydrogen) atoms. The molecule has 152 valence electrons. The van der Waals surface area contributed by atoms with Gasteiger partial charge in [0.1, 0.15) is 0 Å². The number of benzene rings is 2. The van der Waals surface area contributed by atoms with Crippen LogP contribution in [0.15, 0.2) is 42.5 Å². The Morgan fingerprint density at radius 1 is 1.07 bits per heavy atom. The number of nitrogens with zero attached hydrogens (tertiary/aromatic N) is 1. The molecular formula is C23H26N2O4. The smallest absolute Gasteiger partial charge is 0.312 e. The third-order valence-corrected chi connectivity index (χ3v) is 5.12. The minimum absolute atomic E-state index is 0.0814. The second kappa shape index (κ2) is 8.47. The number of rotatable bonds is 5. The molecule has 0 spiro atoms. The fraction of sp³-hybridized carbons (Fsp3) is 0.348. The molecule has 1 heterocycles. The van der Waals surface area contributed by atoms with Crippen LogP contribution in [0.25, 0.3) is 0 Å². The SMILES string of the molecule is Cc1ccc(N2C[C@H](C(=O)O[C@@H](C)C(=O)Nc3cc(C)ccc3C)CC2=O)cc1. The Balaban J connectivity index is 1.59. The van der Waals surface area contributed by atoms with Crippen LogP contribution in [0.1, 0.15) is 30.0 Å². The number of carbonyl (C=O) groups is 3. The molecule has 0 radical (unpaired) electrons. The van der Waals surface area contributed by atoms with Gasteiger partial charge in [-0.1, -0.05) is 29.8 Å². The monoisotopic (exact) mass is 394 g/mol. The Morgan fingerprint density at radius 2 is 1.72 bits per heavy atom. The van der Waals surface area contributed by atoms with Crippen LogP contribution < -0.4 is 10.2 Å². The maximum atomic E-state index is 12.5. The van der Waals surface area contributed by atoms with Crippen molar-refractivity contribution in [2.24, 2.45) is 5.92 Å². The van der Waals surface area contributed by atoms with Gasteiger partial charge in [-0.3, -0.25) is 14.4 Å². The first-order chi connectivity index (χ1) is 13.7. The highest BCUT2D eigenvalue weighted by Crippen LogP contribution is 2.26. The van der Waals surface area contributed by atoms with Crippen LogP contribution in [0.3, 0.4) is 0 Å².